The topological polar surface area (TPSA) is 72.0 Å². The van der Waals surface area contributed by atoms with Crippen LogP contribution in [0.25, 0.3) is 10.9 Å². The van der Waals surface area contributed by atoms with Gasteiger partial charge in [-0.3, -0.25) is 14.7 Å². The van der Waals surface area contributed by atoms with Crippen molar-refractivity contribution in [2.45, 2.75) is 31.1 Å². The van der Waals surface area contributed by atoms with E-state index in [-0.39, 0.29) is 10.3 Å². The first-order valence-corrected chi connectivity index (χ1v) is 9.09. The van der Waals surface area contributed by atoms with Crippen LogP contribution in [0.3, 0.4) is 0 Å². The lowest BCUT2D eigenvalue weighted by molar-refractivity contribution is 0.566. The second-order valence-electron chi connectivity index (χ2n) is 6.62. The van der Waals surface area contributed by atoms with Crippen molar-refractivity contribution >= 4 is 26.6 Å². The van der Waals surface area contributed by atoms with Crippen LogP contribution in [0.4, 0.5) is 5.69 Å². The van der Waals surface area contributed by atoms with Gasteiger partial charge in [-0.15, -0.1) is 0 Å². The van der Waals surface area contributed by atoms with Gasteiger partial charge in [0.15, 0.2) is 0 Å². The minimum atomic E-state index is -3.72. The van der Waals surface area contributed by atoms with Gasteiger partial charge in [-0.25, -0.2) is 8.42 Å². The lowest BCUT2D eigenvalue weighted by atomic mass is 9.92. The second-order valence-corrected chi connectivity index (χ2v) is 8.30. The van der Waals surface area contributed by atoms with E-state index >= 15 is 0 Å². The lowest BCUT2D eigenvalue weighted by Gasteiger charge is -2.17. The highest BCUT2D eigenvalue weighted by Gasteiger charge is 2.19. The van der Waals surface area contributed by atoms with Crippen molar-refractivity contribution in [1.82, 2.24) is 9.97 Å². The Labute approximate surface area is 141 Å². The predicted octanol–water partition coefficient (Wildman–Crippen LogP) is 3.73. The van der Waals surface area contributed by atoms with Crippen LogP contribution in [-0.2, 0) is 15.4 Å². The summed E-state index contributed by atoms with van der Waals surface area (Å²) in [5, 5.41) is 0.874. The standard InChI is InChI=1S/C18H19N3O2S/c1-18(2,3)16-10-9-14(12-20-16)24(22,23)21-15-8-4-6-13-7-5-11-19-17(13)15/h4-12,21H,1-3H3. The summed E-state index contributed by atoms with van der Waals surface area (Å²) in [6.07, 6.45) is 3.03. The first-order chi connectivity index (χ1) is 11.3. The molecule has 2 heterocycles. The van der Waals surface area contributed by atoms with E-state index in [0.717, 1.165) is 11.1 Å². The third-order valence-corrected chi connectivity index (χ3v) is 5.04. The van der Waals surface area contributed by atoms with E-state index in [4.69, 9.17) is 0 Å². The molecule has 0 unspecified atom stereocenters. The first kappa shape index (κ1) is 16.4. The Morgan fingerprint density at radius 3 is 2.38 bits per heavy atom. The maximum atomic E-state index is 12.6. The molecule has 124 valence electrons. The molecular weight excluding hydrogens is 322 g/mol. The summed E-state index contributed by atoms with van der Waals surface area (Å²) in [5.41, 5.74) is 1.78. The van der Waals surface area contributed by atoms with Crippen LogP contribution in [0.5, 0.6) is 0 Å². The SMILES string of the molecule is CC(C)(C)c1ccc(S(=O)(=O)Nc2cccc3cccnc23)cn1. The number of anilines is 1. The molecule has 24 heavy (non-hydrogen) atoms. The van der Waals surface area contributed by atoms with Gasteiger partial charge in [0.25, 0.3) is 10.0 Å². The Morgan fingerprint density at radius 1 is 0.958 bits per heavy atom. The maximum absolute atomic E-state index is 12.6. The number of nitrogens with zero attached hydrogens (tertiary/aromatic N) is 2. The third kappa shape index (κ3) is 3.23. The molecule has 3 rings (SSSR count). The number of hydrogen-bond acceptors (Lipinski definition) is 4. The highest BCUT2D eigenvalue weighted by molar-refractivity contribution is 7.92. The zero-order valence-corrected chi connectivity index (χ0v) is 14.6. The summed E-state index contributed by atoms with van der Waals surface area (Å²) >= 11 is 0. The fraction of sp³-hybridized carbons (Fsp3) is 0.222. The fourth-order valence-corrected chi connectivity index (χ4v) is 3.38. The molecule has 3 aromatic rings. The molecule has 0 aliphatic rings. The van der Waals surface area contributed by atoms with E-state index in [1.807, 2.05) is 39.0 Å². The van der Waals surface area contributed by atoms with Gasteiger partial charge in [0, 0.05) is 28.9 Å². The number of nitrogens with one attached hydrogen (secondary N) is 1. The quantitative estimate of drug-likeness (QED) is 0.788. The minimum absolute atomic E-state index is 0.128. The minimum Gasteiger partial charge on any atom is -0.277 e. The summed E-state index contributed by atoms with van der Waals surface area (Å²) in [7, 11) is -3.72. The third-order valence-electron chi connectivity index (χ3n) is 3.69. The van der Waals surface area contributed by atoms with Crippen molar-refractivity contribution in [3.63, 3.8) is 0 Å². The summed E-state index contributed by atoms with van der Waals surface area (Å²) < 4.78 is 27.9. The molecule has 0 atom stereocenters. The van der Waals surface area contributed by atoms with Gasteiger partial charge in [-0.2, -0.15) is 0 Å². The second kappa shape index (κ2) is 5.87. The van der Waals surface area contributed by atoms with Crippen LogP contribution >= 0.6 is 0 Å². The molecule has 1 N–H and O–H groups in total. The number of pyridine rings is 2. The van der Waals surface area contributed by atoms with Gasteiger partial charge in [-0.05, 0) is 24.3 Å². The largest absolute Gasteiger partial charge is 0.277 e. The van der Waals surface area contributed by atoms with Crippen LogP contribution in [0.1, 0.15) is 26.5 Å². The molecule has 0 aliphatic heterocycles. The number of para-hydroxylation sites is 1. The predicted molar refractivity (Wildman–Crippen MR) is 95.5 cm³/mol. The Bertz CT molecular complexity index is 970. The summed E-state index contributed by atoms with van der Waals surface area (Å²) in [6.45, 7) is 6.09. The first-order valence-electron chi connectivity index (χ1n) is 7.60. The van der Waals surface area contributed by atoms with E-state index in [1.165, 1.54) is 6.20 Å². The Hall–Kier alpha value is -2.47. The van der Waals surface area contributed by atoms with E-state index < -0.39 is 10.0 Å². The summed E-state index contributed by atoms with van der Waals surface area (Å²) in [6, 6.07) is 12.4. The van der Waals surface area contributed by atoms with Gasteiger partial charge in [0.1, 0.15) is 4.90 Å². The zero-order valence-electron chi connectivity index (χ0n) is 13.8. The highest BCUT2D eigenvalue weighted by atomic mass is 32.2. The summed E-state index contributed by atoms with van der Waals surface area (Å²) in [5.74, 6) is 0. The molecule has 0 aliphatic carbocycles. The van der Waals surface area contributed by atoms with Crippen molar-refractivity contribution < 1.29 is 8.42 Å². The number of fused-ring (bicyclic) bond motifs is 1. The Morgan fingerprint density at radius 2 is 1.71 bits per heavy atom. The average Bonchev–Trinajstić information content (AvgIpc) is 2.54. The van der Waals surface area contributed by atoms with Gasteiger partial charge >= 0.3 is 0 Å². The molecule has 5 nitrogen and oxygen atoms in total. The van der Waals surface area contributed by atoms with Crippen molar-refractivity contribution in [3.8, 4) is 0 Å². The molecule has 1 aromatic carbocycles. The van der Waals surface area contributed by atoms with Gasteiger partial charge < -0.3 is 0 Å². The van der Waals surface area contributed by atoms with Crippen LogP contribution in [0.2, 0.25) is 0 Å². The molecule has 0 fully saturated rings. The smallest absolute Gasteiger partial charge is 0.263 e. The zero-order chi connectivity index (χ0) is 17.4. The number of hydrogen-bond donors (Lipinski definition) is 1. The maximum Gasteiger partial charge on any atom is 0.263 e. The molecule has 0 spiro atoms. The van der Waals surface area contributed by atoms with Crippen LogP contribution in [0, 0.1) is 0 Å². The normalized spacial score (nSPS) is 12.3. The van der Waals surface area contributed by atoms with E-state index in [9.17, 15) is 8.42 Å². The van der Waals surface area contributed by atoms with Crippen LogP contribution in [-0.4, -0.2) is 18.4 Å². The molecule has 6 heteroatoms. The van der Waals surface area contributed by atoms with Crippen molar-refractivity contribution in [3.05, 3.63) is 60.6 Å². The van der Waals surface area contributed by atoms with Crippen molar-refractivity contribution in [2.24, 2.45) is 0 Å². The number of sulfonamides is 1. The molecular formula is C18H19N3O2S. The monoisotopic (exact) mass is 341 g/mol. The molecule has 2 aromatic heterocycles. The van der Waals surface area contributed by atoms with Gasteiger partial charge in [-0.1, -0.05) is 39.0 Å². The number of rotatable bonds is 3. The fourth-order valence-electron chi connectivity index (χ4n) is 2.37. The number of benzene rings is 1. The molecule has 0 saturated heterocycles. The molecule has 0 saturated carbocycles. The van der Waals surface area contributed by atoms with Gasteiger partial charge in [0.2, 0.25) is 0 Å². The Kier molecular flexibility index (Phi) is 4.01. The lowest BCUT2D eigenvalue weighted by Crippen LogP contribution is -2.16. The van der Waals surface area contributed by atoms with Crippen molar-refractivity contribution in [2.75, 3.05) is 4.72 Å². The van der Waals surface area contributed by atoms with E-state index in [2.05, 4.69) is 14.7 Å². The van der Waals surface area contributed by atoms with E-state index in [0.29, 0.717) is 11.2 Å². The Balaban J connectivity index is 1.96. The van der Waals surface area contributed by atoms with E-state index in [1.54, 1.807) is 30.5 Å². The van der Waals surface area contributed by atoms with Crippen molar-refractivity contribution in [1.29, 1.82) is 0 Å². The van der Waals surface area contributed by atoms with Crippen LogP contribution in [0.15, 0.2) is 59.8 Å². The highest BCUT2D eigenvalue weighted by Crippen LogP contribution is 2.25. The van der Waals surface area contributed by atoms with Crippen LogP contribution < -0.4 is 4.72 Å². The molecule has 0 amide bonds. The number of aromatic nitrogens is 2. The molecule has 0 radical (unpaired) electrons. The summed E-state index contributed by atoms with van der Waals surface area (Å²) in [4.78, 5) is 8.68. The average molecular weight is 341 g/mol. The van der Waals surface area contributed by atoms with Gasteiger partial charge in [0.05, 0.1) is 11.2 Å². The molecule has 0 bridgehead atoms.